The highest BCUT2D eigenvalue weighted by Gasteiger charge is 2.27. The van der Waals surface area contributed by atoms with Gasteiger partial charge in [-0.05, 0) is 53.4 Å². The molecule has 252 valence electrons. The van der Waals surface area contributed by atoms with E-state index in [1.807, 2.05) is 0 Å². The Bertz CT molecular complexity index is 2670. The normalized spacial score (nSPS) is 13.0. The van der Waals surface area contributed by atoms with Gasteiger partial charge < -0.3 is 16.2 Å². The van der Waals surface area contributed by atoms with Crippen molar-refractivity contribution in [2.45, 2.75) is 19.6 Å². The van der Waals surface area contributed by atoms with Gasteiger partial charge in [0.15, 0.2) is 5.75 Å². The molecule has 4 aromatic carbocycles. The number of rotatable bonds is 8. The Balaban J connectivity index is 1.83. The second kappa shape index (κ2) is 11.8. The van der Waals surface area contributed by atoms with Gasteiger partial charge in [0.05, 0.1) is 16.3 Å². The zero-order valence-electron chi connectivity index (χ0n) is 22.9. The second-order valence-corrected chi connectivity index (χ2v) is 15.4. The number of fused-ring (bicyclic) bond motifs is 2. The molecule has 25 heteroatoms. The van der Waals surface area contributed by atoms with Crippen LogP contribution in [-0.4, -0.2) is 71.9 Å². The van der Waals surface area contributed by atoms with E-state index in [-0.39, 0.29) is 5.39 Å². The van der Waals surface area contributed by atoms with E-state index in [4.69, 9.17) is 17.3 Å². The van der Waals surface area contributed by atoms with Gasteiger partial charge in [-0.2, -0.15) is 53.7 Å². The van der Waals surface area contributed by atoms with E-state index < -0.39 is 116 Å². The van der Waals surface area contributed by atoms with Crippen molar-refractivity contribution in [3.63, 3.8) is 0 Å². The summed E-state index contributed by atoms with van der Waals surface area (Å²) >= 11 is 5.79. The van der Waals surface area contributed by atoms with Gasteiger partial charge in [0.1, 0.15) is 20.4 Å². The maximum absolute atomic E-state index is 12.4. The third-order valence-corrected chi connectivity index (χ3v) is 9.97. The summed E-state index contributed by atoms with van der Waals surface area (Å²) < 4.78 is 136. The predicted octanol–water partition coefficient (Wildman–Crippen LogP) is 3.27. The van der Waals surface area contributed by atoms with Gasteiger partial charge in [-0.15, -0.1) is 5.11 Å². The standard InChI is InChI=1S/C23H16ClN7O13S4/c24-21-27-22(25)29-23(28-21)26-14-8-11(45(33,34)35)4-9-5-17(48(42,43)44)19(20(32)18(9)14)31-30-10-6-13-12(16(7-10)47(39,40)41)2-1-3-15(13)46(36,37)38/h1-8,32H,(H,33,34,35)(H,36,37,38)(H,39,40,41)(H,42,43,44)(H3,25,26,27,28,29). The summed E-state index contributed by atoms with van der Waals surface area (Å²) in [6, 6.07) is 6.78. The van der Waals surface area contributed by atoms with Gasteiger partial charge in [0.2, 0.25) is 17.2 Å². The van der Waals surface area contributed by atoms with E-state index in [1.165, 1.54) is 0 Å². The number of nitrogen functional groups attached to an aromatic ring is 1. The molecule has 5 aromatic rings. The first-order valence-electron chi connectivity index (χ1n) is 12.2. The first-order chi connectivity index (χ1) is 22.0. The number of phenols is 1. The number of anilines is 3. The lowest BCUT2D eigenvalue weighted by molar-refractivity contribution is 0.472. The molecule has 1 heterocycles. The summed E-state index contributed by atoms with van der Waals surface area (Å²) in [5, 5.41) is 18.9. The van der Waals surface area contributed by atoms with E-state index in [9.17, 15) is 57.0 Å². The van der Waals surface area contributed by atoms with Crippen molar-refractivity contribution in [3.05, 3.63) is 53.8 Å². The molecule has 0 saturated carbocycles. The highest BCUT2D eigenvalue weighted by atomic mass is 35.5. The zero-order valence-corrected chi connectivity index (χ0v) is 27.0. The molecule has 0 amide bonds. The maximum atomic E-state index is 12.4. The third-order valence-electron chi connectivity index (χ3n) is 6.30. The lowest BCUT2D eigenvalue weighted by Crippen LogP contribution is -2.06. The minimum absolute atomic E-state index is 0.372. The van der Waals surface area contributed by atoms with Crippen molar-refractivity contribution in [1.29, 1.82) is 0 Å². The van der Waals surface area contributed by atoms with Crippen LogP contribution in [0.1, 0.15) is 0 Å². The molecule has 0 bridgehead atoms. The number of aromatic hydroxyl groups is 1. The second-order valence-electron chi connectivity index (χ2n) is 9.45. The minimum atomic E-state index is -5.34. The highest BCUT2D eigenvalue weighted by Crippen LogP contribution is 2.46. The Morgan fingerprint density at radius 2 is 1.35 bits per heavy atom. The third kappa shape index (κ3) is 6.96. The molecule has 20 nitrogen and oxygen atoms in total. The summed E-state index contributed by atoms with van der Waals surface area (Å²) in [4.78, 5) is 7.30. The molecule has 0 atom stereocenters. The van der Waals surface area contributed by atoms with Crippen LogP contribution in [0.4, 0.5) is 29.0 Å². The van der Waals surface area contributed by atoms with Crippen molar-refractivity contribution in [2.75, 3.05) is 11.1 Å². The summed E-state index contributed by atoms with van der Waals surface area (Å²) in [7, 11) is -20.4. The van der Waals surface area contributed by atoms with Crippen LogP contribution in [0.2, 0.25) is 5.28 Å². The molecule has 0 aliphatic rings. The Morgan fingerprint density at radius 3 is 1.94 bits per heavy atom. The lowest BCUT2D eigenvalue weighted by Gasteiger charge is -2.15. The van der Waals surface area contributed by atoms with E-state index in [2.05, 4.69) is 30.5 Å². The quantitative estimate of drug-likeness (QED) is 0.0880. The first-order valence-corrected chi connectivity index (χ1v) is 18.3. The van der Waals surface area contributed by atoms with Crippen LogP contribution in [0.5, 0.6) is 5.75 Å². The average molecular weight is 762 g/mol. The van der Waals surface area contributed by atoms with Crippen molar-refractivity contribution >= 4 is 103 Å². The number of nitrogens with one attached hydrogen (secondary N) is 1. The van der Waals surface area contributed by atoms with Crippen LogP contribution >= 0.6 is 11.6 Å². The number of aromatic nitrogens is 3. The number of hydrogen-bond acceptors (Lipinski definition) is 16. The van der Waals surface area contributed by atoms with E-state index in [0.29, 0.717) is 12.1 Å². The van der Waals surface area contributed by atoms with Gasteiger partial charge in [-0.1, -0.05) is 12.1 Å². The van der Waals surface area contributed by atoms with Gasteiger partial charge in [0.25, 0.3) is 40.5 Å². The number of nitrogens with two attached hydrogens (primary N) is 1. The molecule has 0 aliphatic carbocycles. The molecule has 0 fully saturated rings. The molecule has 0 saturated heterocycles. The van der Waals surface area contributed by atoms with Crippen molar-refractivity contribution in [1.82, 2.24) is 15.0 Å². The summed E-state index contributed by atoms with van der Waals surface area (Å²) in [6.45, 7) is 0. The predicted molar refractivity (Wildman–Crippen MR) is 166 cm³/mol. The Morgan fingerprint density at radius 1 is 0.708 bits per heavy atom. The Labute approximate surface area is 274 Å². The van der Waals surface area contributed by atoms with E-state index in [0.717, 1.165) is 36.4 Å². The molecule has 0 aliphatic heterocycles. The topological polar surface area (TPSA) is 339 Å². The number of halogens is 1. The molecule has 1 aromatic heterocycles. The molecular formula is C23H16ClN7O13S4. The van der Waals surface area contributed by atoms with Crippen LogP contribution in [0.25, 0.3) is 21.5 Å². The number of azo groups is 1. The van der Waals surface area contributed by atoms with Crippen LogP contribution in [0.3, 0.4) is 0 Å². The van der Waals surface area contributed by atoms with Gasteiger partial charge in [0, 0.05) is 16.2 Å². The van der Waals surface area contributed by atoms with Crippen molar-refractivity contribution in [3.8, 4) is 5.75 Å². The molecule has 8 N–H and O–H groups in total. The average Bonchev–Trinajstić information content (AvgIpc) is 2.93. The molecule has 0 radical (unpaired) electrons. The van der Waals surface area contributed by atoms with Crippen LogP contribution in [-0.2, 0) is 40.5 Å². The van der Waals surface area contributed by atoms with E-state index in [1.54, 1.807) is 0 Å². The Hall–Kier alpha value is -4.66. The fourth-order valence-electron chi connectivity index (χ4n) is 4.46. The van der Waals surface area contributed by atoms with Crippen LogP contribution in [0.15, 0.2) is 78.3 Å². The monoisotopic (exact) mass is 761 g/mol. The van der Waals surface area contributed by atoms with Crippen molar-refractivity contribution < 1.29 is 57.0 Å². The van der Waals surface area contributed by atoms with Gasteiger partial charge >= 0.3 is 0 Å². The SMILES string of the molecule is Nc1nc(Cl)nc(Nc2cc(S(=O)(=O)O)cc3cc(S(=O)(=O)O)c(N=Nc4cc(S(=O)(=O)O)c5cccc(S(=O)(=O)O)c5c4)c(O)c23)n1. The van der Waals surface area contributed by atoms with Crippen LogP contribution in [0, 0.1) is 0 Å². The van der Waals surface area contributed by atoms with Gasteiger partial charge in [-0.3, -0.25) is 18.2 Å². The smallest absolute Gasteiger partial charge is 0.296 e. The molecular weight excluding hydrogens is 746 g/mol. The Kier molecular flexibility index (Phi) is 8.52. The molecule has 5 rings (SSSR count). The van der Waals surface area contributed by atoms with E-state index >= 15 is 0 Å². The summed E-state index contributed by atoms with van der Waals surface area (Å²) in [5.41, 5.74) is 3.51. The fraction of sp³-hybridized carbons (Fsp3) is 0. The molecule has 0 unspecified atom stereocenters. The van der Waals surface area contributed by atoms with Crippen molar-refractivity contribution in [2.24, 2.45) is 10.2 Å². The zero-order chi connectivity index (χ0) is 35.6. The number of phenolic OH excluding ortho intramolecular Hbond substituents is 1. The molecule has 48 heavy (non-hydrogen) atoms. The largest absolute Gasteiger partial charge is 0.505 e. The number of hydrogen-bond donors (Lipinski definition) is 7. The summed E-state index contributed by atoms with van der Waals surface area (Å²) in [5.74, 6) is -1.95. The first kappa shape index (κ1) is 34.7. The lowest BCUT2D eigenvalue weighted by atomic mass is 10.1. The van der Waals surface area contributed by atoms with Gasteiger partial charge in [-0.25, -0.2) is 0 Å². The number of nitrogens with zero attached hydrogens (tertiary/aromatic N) is 5. The number of benzene rings is 4. The van der Waals surface area contributed by atoms with Crippen LogP contribution < -0.4 is 11.1 Å². The fourth-order valence-corrected chi connectivity index (χ4v) is 7.25. The molecule has 0 spiro atoms. The highest BCUT2D eigenvalue weighted by molar-refractivity contribution is 7.87. The minimum Gasteiger partial charge on any atom is -0.505 e. The summed E-state index contributed by atoms with van der Waals surface area (Å²) in [6.07, 6.45) is 0. The maximum Gasteiger partial charge on any atom is 0.296 e.